The average Bonchev–Trinajstić information content (AvgIpc) is 2.75. The van der Waals surface area contributed by atoms with Gasteiger partial charge in [-0.05, 0) is 11.6 Å². The van der Waals surface area contributed by atoms with Crippen molar-refractivity contribution in [3.8, 4) is 0 Å². The zero-order valence-corrected chi connectivity index (χ0v) is 15.2. The molecule has 7 heteroatoms. The minimum Gasteiger partial charge on any atom is -0.350 e. The minimum atomic E-state index is 0.661. The predicted octanol–water partition coefficient (Wildman–Crippen LogP) is 2.20. The number of benzene rings is 1. The van der Waals surface area contributed by atoms with E-state index < -0.39 is 0 Å². The fourth-order valence-electron chi connectivity index (χ4n) is 3.12. The number of anilines is 2. The third-order valence-electron chi connectivity index (χ3n) is 4.61. The van der Waals surface area contributed by atoms with E-state index in [1.807, 2.05) is 36.7 Å². The number of nitrogens with zero attached hydrogens (tertiary/aromatic N) is 6. The summed E-state index contributed by atoms with van der Waals surface area (Å²) in [5.74, 6) is 1.47. The Morgan fingerprint density at radius 1 is 0.778 bits per heavy atom. The predicted molar refractivity (Wildman–Crippen MR) is 105 cm³/mol. The first kappa shape index (κ1) is 17.4. The lowest BCUT2D eigenvalue weighted by molar-refractivity contribution is 0.248. The summed E-state index contributed by atoms with van der Waals surface area (Å²) in [7, 11) is 0. The molecule has 1 aromatic carbocycles. The third kappa shape index (κ3) is 4.77. The van der Waals surface area contributed by atoms with Gasteiger partial charge in [-0.2, -0.15) is 0 Å². The molecule has 2 aromatic heterocycles. The molecule has 0 atom stereocenters. The lowest BCUT2D eigenvalue weighted by Crippen LogP contribution is -2.46. The Hall–Kier alpha value is -3.06. The molecule has 138 valence electrons. The number of aromatic nitrogens is 4. The second-order valence-corrected chi connectivity index (χ2v) is 6.57. The highest BCUT2D eigenvalue weighted by molar-refractivity contribution is 5.30. The van der Waals surface area contributed by atoms with Crippen LogP contribution in [-0.4, -0.2) is 51.0 Å². The molecule has 1 fully saturated rings. The van der Waals surface area contributed by atoms with Gasteiger partial charge in [-0.15, -0.1) is 0 Å². The Morgan fingerprint density at radius 2 is 1.48 bits per heavy atom. The number of piperazine rings is 1. The lowest BCUT2D eigenvalue weighted by atomic mass is 10.2. The summed E-state index contributed by atoms with van der Waals surface area (Å²) in [6.07, 6.45) is 7.40. The zero-order valence-electron chi connectivity index (χ0n) is 15.2. The van der Waals surface area contributed by atoms with Crippen LogP contribution < -0.4 is 10.2 Å². The smallest absolute Gasteiger partial charge is 0.225 e. The van der Waals surface area contributed by atoms with Crippen molar-refractivity contribution in [3.05, 3.63) is 72.3 Å². The van der Waals surface area contributed by atoms with Crippen LogP contribution in [-0.2, 0) is 13.1 Å². The number of hydrogen-bond acceptors (Lipinski definition) is 7. The van der Waals surface area contributed by atoms with Crippen LogP contribution in [0, 0.1) is 0 Å². The van der Waals surface area contributed by atoms with Crippen LogP contribution in [0.15, 0.2) is 61.2 Å². The third-order valence-corrected chi connectivity index (χ3v) is 4.61. The summed E-state index contributed by atoms with van der Waals surface area (Å²) in [5.41, 5.74) is 2.34. The van der Waals surface area contributed by atoms with Gasteiger partial charge in [0.1, 0.15) is 0 Å². The molecule has 0 radical (unpaired) electrons. The van der Waals surface area contributed by atoms with E-state index in [1.165, 1.54) is 5.56 Å². The highest BCUT2D eigenvalue weighted by Crippen LogP contribution is 2.12. The molecule has 0 spiro atoms. The molecule has 0 amide bonds. The van der Waals surface area contributed by atoms with Crippen LogP contribution >= 0.6 is 0 Å². The summed E-state index contributed by atoms with van der Waals surface area (Å²) >= 11 is 0. The summed E-state index contributed by atoms with van der Waals surface area (Å²) in [4.78, 5) is 22.2. The Bertz CT molecular complexity index is 816. The van der Waals surface area contributed by atoms with Crippen molar-refractivity contribution in [3.63, 3.8) is 0 Å². The van der Waals surface area contributed by atoms with Crippen molar-refractivity contribution in [2.75, 3.05) is 36.4 Å². The highest BCUT2D eigenvalue weighted by atomic mass is 15.3. The standard InChI is InChI=1S/C20H23N7/c1-2-5-17(6-3-1)13-23-19-24-14-18(15-25-19)16-26-9-11-27(12-10-26)20-21-7-4-8-22-20/h1-8,14-15H,9-13,16H2,(H,23,24,25). The van der Waals surface area contributed by atoms with E-state index in [9.17, 15) is 0 Å². The Kier molecular flexibility index (Phi) is 5.50. The number of hydrogen-bond donors (Lipinski definition) is 1. The van der Waals surface area contributed by atoms with Crippen LogP contribution in [0.3, 0.4) is 0 Å². The molecule has 0 unspecified atom stereocenters. The molecule has 0 bridgehead atoms. The molecule has 3 aromatic rings. The van der Waals surface area contributed by atoms with Crippen molar-refractivity contribution >= 4 is 11.9 Å². The first-order chi connectivity index (χ1) is 13.4. The monoisotopic (exact) mass is 361 g/mol. The fourth-order valence-corrected chi connectivity index (χ4v) is 3.12. The van der Waals surface area contributed by atoms with Crippen molar-refractivity contribution in [1.82, 2.24) is 24.8 Å². The summed E-state index contributed by atoms with van der Waals surface area (Å²) in [5, 5.41) is 3.26. The van der Waals surface area contributed by atoms with Crippen LogP contribution in [0.25, 0.3) is 0 Å². The van der Waals surface area contributed by atoms with E-state index in [1.54, 1.807) is 12.4 Å². The second-order valence-electron chi connectivity index (χ2n) is 6.57. The molecular formula is C20H23N7. The maximum absolute atomic E-state index is 4.44. The molecule has 4 rings (SSSR count). The Labute approximate surface area is 159 Å². The van der Waals surface area contributed by atoms with E-state index in [2.05, 4.69) is 47.2 Å². The fraction of sp³-hybridized carbons (Fsp3) is 0.300. The van der Waals surface area contributed by atoms with Gasteiger partial charge in [0.2, 0.25) is 11.9 Å². The zero-order chi connectivity index (χ0) is 18.3. The Morgan fingerprint density at radius 3 is 2.19 bits per heavy atom. The Balaban J connectivity index is 1.25. The first-order valence-corrected chi connectivity index (χ1v) is 9.20. The molecule has 1 aliphatic rings. The summed E-state index contributed by atoms with van der Waals surface area (Å²) in [6, 6.07) is 12.1. The number of nitrogens with one attached hydrogen (secondary N) is 1. The summed E-state index contributed by atoms with van der Waals surface area (Å²) < 4.78 is 0. The molecule has 3 heterocycles. The average molecular weight is 361 g/mol. The largest absolute Gasteiger partial charge is 0.350 e. The molecule has 1 N–H and O–H groups in total. The van der Waals surface area contributed by atoms with Gasteiger partial charge in [0.05, 0.1) is 0 Å². The van der Waals surface area contributed by atoms with Crippen molar-refractivity contribution < 1.29 is 0 Å². The molecule has 27 heavy (non-hydrogen) atoms. The van der Waals surface area contributed by atoms with Gasteiger partial charge in [-0.25, -0.2) is 19.9 Å². The van der Waals surface area contributed by atoms with Crippen molar-refractivity contribution in [1.29, 1.82) is 0 Å². The van der Waals surface area contributed by atoms with Crippen LogP contribution in [0.2, 0.25) is 0 Å². The second kappa shape index (κ2) is 8.55. The van der Waals surface area contributed by atoms with Crippen LogP contribution in [0.5, 0.6) is 0 Å². The normalized spacial score (nSPS) is 14.9. The van der Waals surface area contributed by atoms with Crippen molar-refractivity contribution in [2.24, 2.45) is 0 Å². The highest BCUT2D eigenvalue weighted by Gasteiger charge is 2.18. The number of rotatable bonds is 6. The molecule has 0 aliphatic carbocycles. The van der Waals surface area contributed by atoms with E-state index in [-0.39, 0.29) is 0 Å². The minimum absolute atomic E-state index is 0.661. The van der Waals surface area contributed by atoms with E-state index in [0.29, 0.717) is 5.95 Å². The maximum Gasteiger partial charge on any atom is 0.225 e. The van der Waals surface area contributed by atoms with Gasteiger partial charge in [0.15, 0.2) is 0 Å². The quantitative estimate of drug-likeness (QED) is 0.722. The van der Waals surface area contributed by atoms with E-state index in [0.717, 1.165) is 50.8 Å². The topological polar surface area (TPSA) is 70.1 Å². The molecule has 0 saturated carbocycles. The van der Waals surface area contributed by atoms with Gasteiger partial charge in [0.25, 0.3) is 0 Å². The van der Waals surface area contributed by atoms with Crippen LogP contribution in [0.4, 0.5) is 11.9 Å². The van der Waals surface area contributed by atoms with Gasteiger partial charge in [-0.3, -0.25) is 4.90 Å². The summed E-state index contributed by atoms with van der Waals surface area (Å²) in [6.45, 7) is 5.41. The van der Waals surface area contributed by atoms with E-state index in [4.69, 9.17) is 0 Å². The molecule has 1 saturated heterocycles. The van der Waals surface area contributed by atoms with Gasteiger partial charge < -0.3 is 10.2 Å². The van der Waals surface area contributed by atoms with Gasteiger partial charge >= 0.3 is 0 Å². The van der Waals surface area contributed by atoms with Gasteiger partial charge in [0, 0.05) is 69.6 Å². The lowest BCUT2D eigenvalue weighted by Gasteiger charge is -2.34. The van der Waals surface area contributed by atoms with Crippen LogP contribution in [0.1, 0.15) is 11.1 Å². The molecule has 1 aliphatic heterocycles. The van der Waals surface area contributed by atoms with Crippen molar-refractivity contribution in [2.45, 2.75) is 13.1 Å². The maximum atomic E-state index is 4.44. The van der Waals surface area contributed by atoms with E-state index >= 15 is 0 Å². The first-order valence-electron chi connectivity index (χ1n) is 9.20. The molecular weight excluding hydrogens is 338 g/mol. The molecule has 7 nitrogen and oxygen atoms in total. The van der Waals surface area contributed by atoms with Gasteiger partial charge in [-0.1, -0.05) is 30.3 Å². The SMILES string of the molecule is c1ccc(CNc2ncc(CN3CCN(c4ncccn4)CC3)cn2)cc1.